The minimum atomic E-state index is -0.924. The number of rotatable bonds is 8. The van der Waals surface area contributed by atoms with Crippen molar-refractivity contribution in [2.75, 3.05) is 5.01 Å². The van der Waals surface area contributed by atoms with Crippen LogP contribution in [0.25, 0.3) is 11.3 Å². The zero-order valence-corrected chi connectivity index (χ0v) is 19.0. The average Bonchev–Trinajstić information content (AvgIpc) is 3.10. The van der Waals surface area contributed by atoms with Gasteiger partial charge < -0.3 is 5.11 Å². The second-order valence-corrected chi connectivity index (χ2v) is 8.86. The number of aromatic nitrogens is 1. The SMILES string of the molecule is CCCC(C)N(/N=C/C1=CCCC=C1C(=O)O)c1nc(-c2ccccc2Cl)c(C)s1. The molecule has 1 aliphatic rings. The number of carboxylic acid groups (broad SMARTS) is 1. The van der Waals surface area contributed by atoms with Crippen LogP contribution in [-0.2, 0) is 4.79 Å². The molecule has 2 aromatic rings. The number of halogens is 1. The van der Waals surface area contributed by atoms with E-state index in [0.717, 1.165) is 46.9 Å². The first kappa shape index (κ1) is 22.2. The number of hydrogen-bond acceptors (Lipinski definition) is 5. The zero-order valence-electron chi connectivity index (χ0n) is 17.4. The monoisotopic (exact) mass is 443 g/mol. The lowest BCUT2D eigenvalue weighted by Crippen LogP contribution is -2.28. The molecule has 1 N–H and O–H groups in total. The summed E-state index contributed by atoms with van der Waals surface area (Å²) >= 11 is 7.96. The third-order valence-electron chi connectivity index (χ3n) is 4.98. The van der Waals surface area contributed by atoms with Crippen LogP contribution in [0.5, 0.6) is 0 Å². The summed E-state index contributed by atoms with van der Waals surface area (Å²) in [6.45, 7) is 6.27. The molecule has 0 aliphatic heterocycles. The number of hydrogen-bond donors (Lipinski definition) is 1. The Kier molecular flexibility index (Phi) is 7.45. The van der Waals surface area contributed by atoms with Gasteiger partial charge in [0.05, 0.1) is 23.5 Å². The zero-order chi connectivity index (χ0) is 21.7. The van der Waals surface area contributed by atoms with Crippen LogP contribution >= 0.6 is 22.9 Å². The number of benzene rings is 1. The maximum atomic E-state index is 11.5. The van der Waals surface area contributed by atoms with E-state index in [-0.39, 0.29) is 6.04 Å². The number of anilines is 1. The van der Waals surface area contributed by atoms with Crippen LogP contribution < -0.4 is 5.01 Å². The number of carboxylic acids is 1. The molecule has 0 radical (unpaired) electrons. The van der Waals surface area contributed by atoms with Gasteiger partial charge in [0.25, 0.3) is 0 Å². The van der Waals surface area contributed by atoms with Gasteiger partial charge in [0.2, 0.25) is 5.13 Å². The molecular weight excluding hydrogens is 418 g/mol. The number of thiazole rings is 1. The highest BCUT2D eigenvalue weighted by molar-refractivity contribution is 7.16. The number of carbonyl (C=O) groups is 1. The second kappa shape index (κ2) is 10.0. The van der Waals surface area contributed by atoms with E-state index >= 15 is 0 Å². The summed E-state index contributed by atoms with van der Waals surface area (Å²) in [6.07, 6.45) is 8.84. The fourth-order valence-corrected chi connectivity index (χ4v) is 4.64. The fraction of sp³-hybridized carbons (Fsp3) is 0.348. The highest BCUT2D eigenvalue weighted by Crippen LogP contribution is 2.37. The molecule has 158 valence electrons. The maximum absolute atomic E-state index is 11.5. The molecular formula is C23H26ClN3O2S. The van der Waals surface area contributed by atoms with Crippen molar-refractivity contribution in [3.8, 4) is 11.3 Å². The lowest BCUT2D eigenvalue weighted by molar-refractivity contribution is -0.132. The third-order valence-corrected chi connectivity index (χ3v) is 6.27. The molecule has 1 heterocycles. The predicted octanol–water partition coefficient (Wildman–Crippen LogP) is 6.48. The van der Waals surface area contributed by atoms with E-state index in [4.69, 9.17) is 21.7 Å². The van der Waals surface area contributed by atoms with Crippen LogP contribution in [0, 0.1) is 6.92 Å². The van der Waals surface area contributed by atoms with Crippen LogP contribution in [0.3, 0.4) is 0 Å². The first-order valence-corrected chi connectivity index (χ1v) is 11.3. The van der Waals surface area contributed by atoms with E-state index < -0.39 is 5.97 Å². The van der Waals surface area contributed by atoms with E-state index in [0.29, 0.717) is 16.2 Å². The summed E-state index contributed by atoms with van der Waals surface area (Å²) in [4.78, 5) is 17.5. The van der Waals surface area contributed by atoms with Crippen molar-refractivity contribution in [2.45, 2.75) is 52.5 Å². The van der Waals surface area contributed by atoms with Crippen molar-refractivity contribution in [3.05, 3.63) is 57.5 Å². The number of aliphatic carboxylic acids is 1. The minimum Gasteiger partial charge on any atom is -0.478 e. The largest absolute Gasteiger partial charge is 0.478 e. The van der Waals surface area contributed by atoms with E-state index in [9.17, 15) is 9.90 Å². The molecule has 0 saturated carbocycles. The summed E-state index contributed by atoms with van der Waals surface area (Å²) in [6, 6.07) is 7.80. The smallest absolute Gasteiger partial charge is 0.336 e. The Morgan fingerprint density at radius 1 is 1.37 bits per heavy atom. The minimum absolute atomic E-state index is 0.123. The topological polar surface area (TPSA) is 65.8 Å². The molecule has 1 aliphatic carbocycles. The quantitative estimate of drug-likeness (QED) is 0.374. The Balaban J connectivity index is 1.96. The molecule has 1 atom stereocenters. The first-order chi connectivity index (χ1) is 14.4. The van der Waals surface area contributed by atoms with Gasteiger partial charge in [-0.25, -0.2) is 14.8 Å². The molecule has 3 rings (SSSR count). The van der Waals surface area contributed by atoms with Gasteiger partial charge in [0.15, 0.2) is 0 Å². The molecule has 0 amide bonds. The van der Waals surface area contributed by atoms with Gasteiger partial charge in [-0.1, -0.05) is 66.6 Å². The van der Waals surface area contributed by atoms with Gasteiger partial charge >= 0.3 is 5.97 Å². The Bertz CT molecular complexity index is 1010. The molecule has 1 aromatic heterocycles. The fourth-order valence-electron chi connectivity index (χ4n) is 3.43. The summed E-state index contributed by atoms with van der Waals surface area (Å²) in [7, 11) is 0. The highest BCUT2D eigenvalue weighted by Gasteiger charge is 2.21. The number of nitrogens with zero attached hydrogens (tertiary/aromatic N) is 3. The molecule has 0 saturated heterocycles. The van der Waals surface area contributed by atoms with Crippen molar-refractivity contribution < 1.29 is 9.90 Å². The van der Waals surface area contributed by atoms with Crippen molar-refractivity contribution in [2.24, 2.45) is 5.10 Å². The second-order valence-electron chi connectivity index (χ2n) is 7.27. The highest BCUT2D eigenvalue weighted by atomic mass is 35.5. The molecule has 0 spiro atoms. The van der Waals surface area contributed by atoms with E-state index in [1.54, 1.807) is 23.6 Å². The van der Waals surface area contributed by atoms with Crippen LogP contribution in [-0.4, -0.2) is 28.3 Å². The Labute approximate surface area is 186 Å². The van der Waals surface area contributed by atoms with Gasteiger partial charge in [-0.3, -0.25) is 0 Å². The number of allylic oxidation sites excluding steroid dienone is 2. The Hall–Kier alpha value is -2.44. The van der Waals surface area contributed by atoms with Gasteiger partial charge in [-0.05, 0) is 39.2 Å². The van der Waals surface area contributed by atoms with E-state index in [1.807, 2.05) is 42.3 Å². The molecule has 7 heteroatoms. The molecule has 0 bridgehead atoms. The van der Waals surface area contributed by atoms with Crippen molar-refractivity contribution in [1.29, 1.82) is 0 Å². The van der Waals surface area contributed by atoms with Crippen molar-refractivity contribution in [3.63, 3.8) is 0 Å². The molecule has 1 aromatic carbocycles. The number of hydrazone groups is 1. The van der Waals surface area contributed by atoms with Crippen LogP contribution in [0.2, 0.25) is 5.02 Å². The van der Waals surface area contributed by atoms with Gasteiger partial charge in [0, 0.05) is 21.0 Å². The summed E-state index contributed by atoms with van der Waals surface area (Å²) < 4.78 is 0. The number of aryl methyl sites for hydroxylation is 1. The maximum Gasteiger partial charge on any atom is 0.336 e. The molecule has 1 unspecified atom stereocenters. The van der Waals surface area contributed by atoms with Crippen LogP contribution in [0.1, 0.15) is 44.4 Å². The van der Waals surface area contributed by atoms with Crippen molar-refractivity contribution >= 4 is 40.3 Å². The predicted molar refractivity (Wildman–Crippen MR) is 126 cm³/mol. The Morgan fingerprint density at radius 3 is 2.80 bits per heavy atom. The van der Waals surface area contributed by atoms with Crippen LogP contribution in [0.15, 0.2) is 52.7 Å². The van der Waals surface area contributed by atoms with Gasteiger partial charge in [-0.15, -0.1) is 0 Å². The summed E-state index contributed by atoms with van der Waals surface area (Å²) in [5, 5.41) is 17.5. The normalized spacial score (nSPS) is 15.1. The van der Waals surface area contributed by atoms with E-state index in [1.165, 1.54) is 0 Å². The first-order valence-electron chi connectivity index (χ1n) is 10.1. The lowest BCUT2D eigenvalue weighted by atomic mass is 9.99. The lowest BCUT2D eigenvalue weighted by Gasteiger charge is -2.23. The van der Waals surface area contributed by atoms with Crippen molar-refractivity contribution in [1.82, 2.24) is 4.98 Å². The Morgan fingerprint density at radius 2 is 2.10 bits per heavy atom. The summed E-state index contributed by atoms with van der Waals surface area (Å²) in [5.41, 5.74) is 2.70. The van der Waals surface area contributed by atoms with Gasteiger partial charge in [0.1, 0.15) is 0 Å². The molecule has 0 fully saturated rings. The third kappa shape index (κ3) is 4.99. The summed E-state index contributed by atoms with van der Waals surface area (Å²) in [5.74, 6) is -0.924. The molecule has 5 nitrogen and oxygen atoms in total. The van der Waals surface area contributed by atoms with Gasteiger partial charge in [-0.2, -0.15) is 5.10 Å². The standard InChI is InChI=1S/C23H26ClN3O2S/c1-4-9-15(2)27(25-14-17-10-5-6-11-18(17)22(28)29)23-26-21(16(3)30-23)19-12-7-8-13-20(19)24/h7-8,10-15H,4-6,9H2,1-3H3,(H,28,29)/b25-14+. The van der Waals surface area contributed by atoms with Crippen LogP contribution in [0.4, 0.5) is 5.13 Å². The molecule has 30 heavy (non-hydrogen) atoms. The van der Waals surface area contributed by atoms with E-state index in [2.05, 4.69) is 13.8 Å². The average molecular weight is 444 g/mol.